The van der Waals surface area contributed by atoms with E-state index in [-0.39, 0.29) is 11.6 Å². The van der Waals surface area contributed by atoms with Gasteiger partial charge in [0.1, 0.15) is 17.2 Å². The quantitative estimate of drug-likeness (QED) is 0.339. The Kier molecular flexibility index (Phi) is 4.89. The lowest BCUT2D eigenvalue weighted by Gasteiger charge is -2.15. The van der Waals surface area contributed by atoms with E-state index < -0.39 is 0 Å². The Bertz CT molecular complexity index is 1720. The van der Waals surface area contributed by atoms with Crippen molar-refractivity contribution in [3.63, 3.8) is 0 Å². The number of fused-ring (bicyclic) bond motifs is 4. The van der Waals surface area contributed by atoms with Gasteiger partial charge in [-0.1, -0.05) is 66.2 Å². The van der Waals surface area contributed by atoms with Gasteiger partial charge in [0, 0.05) is 5.02 Å². The second-order valence-corrected chi connectivity index (χ2v) is 8.78. The Balaban J connectivity index is 1.64. The summed E-state index contributed by atoms with van der Waals surface area (Å²) in [4.78, 5) is 28.3. The lowest BCUT2D eigenvalue weighted by Crippen LogP contribution is -2.24. The molecule has 6 nitrogen and oxygen atoms in total. The van der Waals surface area contributed by atoms with Crippen LogP contribution in [-0.2, 0) is 6.54 Å². The molecular formula is C27H20ClN5O. The van der Waals surface area contributed by atoms with E-state index >= 15 is 0 Å². The summed E-state index contributed by atoms with van der Waals surface area (Å²) in [5.41, 5.74) is 5.22. The average Bonchev–Trinajstić information content (AvgIpc) is 3.17. The van der Waals surface area contributed by atoms with Gasteiger partial charge < -0.3 is 4.57 Å². The van der Waals surface area contributed by atoms with Gasteiger partial charge in [0.05, 0.1) is 23.6 Å². The van der Waals surface area contributed by atoms with Crippen molar-refractivity contribution < 1.29 is 0 Å². The molecule has 0 N–H and O–H groups in total. The molecule has 0 amide bonds. The first-order valence-corrected chi connectivity index (χ1v) is 11.4. The number of hydrogen-bond acceptors (Lipinski definition) is 4. The summed E-state index contributed by atoms with van der Waals surface area (Å²) in [6, 6.07) is 25.1. The van der Waals surface area contributed by atoms with Crippen LogP contribution in [0.5, 0.6) is 0 Å². The molecule has 3 aromatic heterocycles. The van der Waals surface area contributed by atoms with Crippen molar-refractivity contribution in [2.45, 2.75) is 19.5 Å². The molecule has 1 atom stereocenters. The topological polar surface area (TPSA) is 65.6 Å². The molecule has 0 aliphatic rings. The highest BCUT2D eigenvalue weighted by atomic mass is 35.5. The molecule has 6 rings (SSSR count). The fraction of sp³-hybridized carbons (Fsp3) is 0.111. The van der Waals surface area contributed by atoms with Gasteiger partial charge in [-0.05, 0) is 42.3 Å². The normalized spacial score (nSPS) is 12.5. The molecule has 0 aliphatic heterocycles. The van der Waals surface area contributed by atoms with Gasteiger partial charge in [-0.25, -0.2) is 15.0 Å². The molecule has 3 heterocycles. The third-order valence-electron chi connectivity index (χ3n) is 6.23. The van der Waals surface area contributed by atoms with Crippen molar-refractivity contribution in [2.75, 3.05) is 0 Å². The molecule has 6 aromatic rings. The Labute approximate surface area is 200 Å². The lowest BCUT2D eigenvalue weighted by atomic mass is 10.1. The Morgan fingerprint density at radius 1 is 0.853 bits per heavy atom. The van der Waals surface area contributed by atoms with Crippen molar-refractivity contribution >= 4 is 44.8 Å². The number of rotatable bonds is 4. The van der Waals surface area contributed by atoms with Gasteiger partial charge >= 0.3 is 0 Å². The van der Waals surface area contributed by atoms with Gasteiger partial charge in [-0.3, -0.25) is 9.36 Å². The van der Waals surface area contributed by atoms with Gasteiger partial charge in [-0.15, -0.1) is 0 Å². The first-order valence-electron chi connectivity index (χ1n) is 11.1. The van der Waals surface area contributed by atoms with Crippen molar-refractivity contribution in [1.29, 1.82) is 0 Å². The zero-order chi connectivity index (χ0) is 23.2. The summed E-state index contributed by atoms with van der Waals surface area (Å²) in [6.45, 7) is 2.49. The molecule has 34 heavy (non-hydrogen) atoms. The maximum atomic E-state index is 13.8. The second-order valence-electron chi connectivity index (χ2n) is 8.34. The van der Waals surface area contributed by atoms with Gasteiger partial charge in [-0.2, -0.15) is 0 Å². The van der Waals surface area contributed by atoms with Crippen LogP contribution in [0.1, 0.15) is 24.1 Å². The molecule has 0 saturated heterocycles. The monoisotopic (exact) mass is 465 g/mol. The molecule has 0 bridgehead atoms. The van der Waals surface area contributed by atoms with E-state index in [1.807, 2.05) is 90.4 Å². The first-order chi connectivity index (χ1) is 16.6. The first kappa shape index (κ1) is 20.6. The zero-order valence-corrected chi connectivity index (χ0v) is 19.1. The van der Waals surface area contributed by atoms with Crippen LogP contribution in [-0.4, -0.2) is 24.1 Å². The third-order valence-corrected chi connectivity index (χ3v) is 6.48. The minimum atomic E-state index is -0.173. The Morgan fingerprint density at radius 2 is 1.53 bits per heavy atom. The molecule has 1 unspecified atom stereocenters. The third kappa shape index (κ3) is 3.35. The molecule has 0 spiro atoms. The summed E-state index contributed by atoms with van der Waals surface area (Å²) >= 11 is 6.08. The van der Waals surface area contributed by atoms with Crippen LogP contribution < -0.4 is 5.56 Å². The number of halogens is 1. The van der Waals surface area contributed by atoms with Crippen LogP contribution in [0.3, 0.4) is 0 Å². The molecule has 7 heteroatoms. The standard InChI is InChI=1S/C27H20ClN5O/c1-17(19-7-3-2-4-8-19)33-16-29-25-23(27(33)34)24-26(31-22-10-6-5-9-21(22)30-24)32(25)15-18-11-13-20(28)14-12-18/h2-14,16-17H,15H2,1H3. The fourth-order valence-corrected chi connectivity index (χ4v) is 4.53. The van der Waals surface area contributed by atoms with E-state index in [4.69, 9.17) is 26.6 Å². The van der Waals surface area contributed by atoms with E-state index in [1.54, 1.807) is 10.9 Å². The molecule has 0 saturated carbocycles. The largest absolute Gasteiger partial charge is 0.304 e. The SMILES string of the molecule is CC(c1ccccc1)n1cnc2c(c1=O)c1nc3ccccc3nc1n2Cc1ccc(Cl)cc1. The van der Waals surface area contributed by atoms with E-state index in [0.29, 0.717) is 33.8 Å². The Morgan fingerprint density at radius 3 is 2.26 bits per heavy atom. The summed E-state index contributed by atoms with van der Waals surface area (Å²) in [6.07, 6.45) is 1.62. The minimum Gasteiger partial charge on any atom is -0.304 e. The molecule has 3 aromatic carbocycles. The van der Waals surface area contributed by atoms with E-state index in [0.717, 1.165) is 22.2 Å². The lowest BCUT2D eigenvalue weighted by molar-refractivity contribution is 0.607. The number of para-hydroxylation sites is 2. The molecule has 166 valence electrons. The minimum absolute atomic E-state index is 0.134. The maximum Gasteiger partial charge on any atom is 0.265 e. The number of benzene rings is 3. The highest BCUT2D eigenvalue weighted by Crippen LogP contribution is 2.27. The van der Waals surface area contributed by atoms with Gasteiger partial charge in [0.15, 0.2) is 11.3 Å². The number of nitrogens with zero attached hydrogens (tertiary/aromatic N) is 5. The zero-order valence-electron chi connectivity index (χ0n) is 18.4. The maximum absolute atomic E-state index is 13.8. The molecule has 0 aliphatic carbocycles. The fourth-order valence-electron chi connectivity index (χ4n) is 4.41. The van der Waals surface area contributed by atoms with Crippen LogP contribution in [0.2, 0.25) is 5.02 Å². The highest BCUT2D eigenvalue weighted by Gasteiger charge is 2.21. The predicted molar refractivity (Wildman–Crippen MR) is 135 cm³/mol. The van der Waals surface area contributed by atoms with Crippen molar-refractivity contribution in [2.24, 2.45) is 0 Å². The van der Waals surface area contributed by atoms with Crippen molar-refractivity contribution in [3.05, 3.63) is 112 Å². The van der Waals surface area contributed by atoms with Crippen LogP contribution in [0.15, 0.2) is 90.0 Å². The van der Waals surface area contributed by atoms with Crippen LogP contribution in [0, 0.1) is 0 Å². The van der Waals surface area contributed by atoms with E-state index in [2.05, 4.69) is 0 Å². The molecular weight excluding hydrogens is 446 g/mol. The smallest absolute Gasteiger partial charge is 0.265 e. The summed E-state index contributed by atoms with van der Waals surface area (Å²) < 4.78 is 3.63. The van der Waals surface area contributed by atoms with Gasteiger partial charge in [0.25, 0.3) is 5.56 Å². The van der Waals surface area contributed by atoms with Crippen LogP contribution in [0.25, 0.3) is 33.2 Å². The second kappa shape index (κ2) is 8.08. The average molecular weight is 466 g/mol. The van der Waals surface area contributed by atoms with Gasteiger partial charge in [0.2, 0.25) is 0 Å². The highest BCUT2D eigenvalue weighted by molar-refractivity contribution is 6.30. The van der Waals surface area contributed by atoms with Crippen molar-refractivity contribution in [1.82, 2.24) is 24.1 Å². The number of hydrogen-bond donors (Lipinski definition) is 0. The number of aromatic nitrogens is 5. The van der Waals surface area contributed by atoms with Crippen LogP contribution in [0.4, 0.5) is 0 Å². The Hall–Kier alpha value is -4.03. The molecule has 0 fully saturated rings. The van der Waals surface area contributed by atoms with E-state index in [9.17, 15) is 4.79 Å². The van der Waals surface area contributed by atoms with Crippen LogP contribution >= 0.6 is 11.6 Å². The summed E-state index contributed by atoms with van der Waals surface area (Å²) in [5, 5.41) is 1.15. The summed E-state index contributed by atoms with van der Waals surface area (Å²) in [7, 11) is 0. The molecule has 0 radical (unpaired) electrons. The van der Waals surface area contributed by atoms with E-state index in [1.165, 1.54) is 0 Å². The predicted octanol–water partition coefficient (Wildman–Crippen LogP) is 5.61. The van der Waals surface area contributed by atoms with Crippen molar-refractivity contribution in [3.8, 4) is 0 Å². The summed E-state index contributed by atoms with van der Waals surface area (Å²) in [5.74, 6) is 0.